The van der Waals surface area contributed by atoms with Gasteiger partial charge < -0.3 is 4.84 Å². The predicted octanol–water partition coefficient (Wildman–Crippen LogP) is 0.879. The molecule has 0 N–H and O–H groups in total. The van der Waals surface area contributed by atoms with Gasteiger partial charge in [-0.2, -0.15) is 0 Å². The second-order valence-electron chi connectivity index (χ2n) is 1.76. The van der Waals surface area contributed by atoms with Crippen molar-refractivity contribution in [1.29, 1.82) is 0 Å². The van der Waals surface area contributed by atoms with Crippen molar-refractivity contribution in [2.24, 2.45) is 0 Å². The first-order valence-corrected chi connectivity index (χ1v) is 3.83. The molecule has 0 aliphatic carbocycles. The minimum absolute atomic E-state index is 0.655. The Bertz CT molecular complexity index is 201. The number of hydrogen-bond donors (Lipinski definition) is 0. The van der Waals surface area contributed by atoms with Crippen molar-refractivity contribution in [2.75, 3.05) is 6.61 Å². The third-order valence-corrected chi connectivity index (χ3v) is 1.41. The van der Waals surface area contributed by atoms with Gasteiger partial charge in [0.05, 0.1) is 6.20 Å². The fraction of sp³-hybridized carbons (Fsp3) is 0.600. The zero-order chi connectivity index (χ0) is 7.40. The van der Waals surface area contributed by atoms with Gasteiger partial charge in [0.15, 0.2) is 4.60 Å². The van der Waals surface area contributed by atoms with Crippen LogP contribution in [0.25, 0.3) is 0 Å². The maximum Gasteiger partial charge on any atom is 0.165 e. The molecule has 0 aromatic carbocycles. The third kappa shape index (κ3) is 1.70. The van der Waals surface area contributed by atoms with Crippen LogP contribution in [0, 0.1) is 0 Å². The molecule has 0 aliphatic heterocycles. The Morgan fingerprint density at radius 1 is 1.80 bits per heavy atom. The van der Waals surface area contributed by atoms with Crippen molar-refractivity contribution in [3.05, 3.63) is 10.8 Å². The lowest BCUT2D eigenvalue weighted by molar-refractivity contribution is 0.0741. The van der Waals surface area contributed by atoms with Crippen LogP contribution in [0.2, 0.25) is 0 Å². The highest BCUT2D eigenvalue weighted by atomic mass is 79.9. The summed E-state index contributed by atoms with van der Waals surface area (Å²) in [5, 5.41) is 7.27. The lowest BCUT2D eigenvalue weighted by atomic mass is 10.5. The monoisotopic (exact) mass is 205 g/mol. The molecule has 4 nitrogen and oxygen atoms in total. The largest absolute Gasteiger partial charge is 0.395 e. The molecular formula is C5H8BrN3O. The van der Waals surface area contributed by atoms with Gasteiger partial charge in [-0.25, -0.2) is 0 Å². The van der Waals surface area contributed by atoms with Gasteiger partial charge >= 0.3 is 0 Å². The maximum absolute atomic E-state index is 5.12. The van der Waals surface area contributed by atoms with Crippen LogP contribution in [-0.4, -0.2) is 21.8 Å². The normalized spacial score (nSPS) is 9.80. The number of nitrogens with zero attached hydrogens (tertiary/aromatic N) is 3. The third-order valence-electron chi connectivity index (χ3n) is 0.898. The van der Waals surface area contributed by atoms with Crippen LogP contribution in [0.15, 0.2) is 10.8 Å². The minimum Gasteiger partial charge on any atom is -0.395 e. The molecule has 0 unspecified atom stereocenters. The minimum atomic E-state index is 0.655. The van der Waals surface area contributed by atoms with Gasteiger partial charge in [0, 0.05) is 0 Å². The van der Waals surface area contributed by atoms with Crippen LogP contribution in [0.5, 0.6) is 0 Å². The standard InChI is InChI=1S/C5H8BrN3O/c1-2-3-10-9-5(6)4-7-8-9/h4H,2-3H2,1H3. The van der Waals surface area contributed by atoms with Gasteiger partial charge in [-0.15, -0.1) is 5.10 Å². The Kier molecular flexibility index (Phi) is 2.68. The van der Waals surface area contributed by atoms with E-state index in [-0.39, 0.29) is 0 Å². The highest BCUT2D eigenvalue weighted by molar-refractivity contribution is 9.10. The summed E-state index contributed by atoms with van der Waals surface area (Å²) in [6.45, 7) is 2.69. The van der Waals surface area contributed by atoms with E-state index < -0.39 is 0 Å². The van der Waals surface area contributed by atoms with E-state index in [9.17, 15) is 0 Å². The van der Waals surface area contributed by atoms with E-state index in [0.717, 1.165) is 11.0 Å². The molecule has 1 aromatic rings. The van der Waals surface area contributed by atoms with E-state index >= 15 is 0 Å². The summed E-state index contributed by atoms with van der Waals surface area (Å²) < 4.78 is 0.737. The Labute approximate surface area is 67.3 Å². The van der Waals surface area contributed by atoms with Crippen LogP contribution >= 0.6 is 15.9 Å². The first kappa shape index (κ1) is 7.53. The molecule has 0 radical (unpaired) electrons. The van der Waals surface area contributed by atoms with Gasteiger partial charge in [-0.3, -0.25) is 0 Å². The van der Waals surface area contributed by atoms with E-state index in [1.54, 1.807) is 6.20 Å². The lowest BCUT2D eigenvalue weighted by Crippen LogP contribution is -2.13. The number of halogens is 1. The second-order valence-corrected chi connectivity index (χ2v) is 2.58. The molecule has 0 atom stereocenters. The topological polar surface area (TPSA) is 39.9 Å². The van der Waals surface area contributed by atoms with E-state index in [0.29, 0.717) is 6.61 Å². The Balaban J connectivity index is 2.49. The second kappa shape index (κ2) is 3.55. The maximum atomic E-state index is 5.12. The summed E-state index contributed by atoms with van der Waals surface area (Å²) >= 11 is 3.21. The van der Waals surface area contributed by atoms with E-state index in [4.69, 9.17) is 4.84 Å². The van der Waals surface area contributed by atoms with Gasteiger partial charge in [0.25, 0.3) is 0 Å². The highest BCUT2D eigenvalue weighted by Crippen LogP contribution is 2.02. The molecule has 56 valence electrons. The van der Waals surface area contributed by atoms with Crippen molar-refractivity contribution >= 4 is 15.9 Å². The molecule has 1 rings (SSSR count). The van der Waals surface area contributed by atoms with Gasteiger partial charge in [0.2, 0.25) is 0 Å². The quantitative estimate of drug-likeness (QED) is 0.736. The predicted molar refractivity (Wildman–Crippen MR) is 39.5 cm³/mol. The van der Waals surface area contributed by atoms with Crippen molar-refractivity contribution in [3.63, 3.8) is 0 Å². The van der Waals surface area contributed by atoms with Gasteiger partial charge in [-0.1, -0.05) is 11.8 Å². The van der Waals surface area contributed by atoms with Gasteiger partial charge in [0.1, 0.15) is 6.61 Å². The average Bonchev–Trinajstić information content (AvgIpc) is 2.31. The van der Waals surface area contributed by atoms with Gasteiger partial charge in [-0.05, 0) is 27.6 Å². The van der Waals surface area contributed by atoms with E-state index in [1.165, 1.54) is 4.85 Å². The molecule has 1 aromatic heterocycles. The average molecular weight is 206 g/mol. The zero-order valence-corrected chi connectivity index (χ0v) is 7.21. The number of hydrogen-bond acceptors (Lipinski definition) is 3. The molecule has 0 bridgehead atoms. The first-order chi connectivity index (χ1) is 4.84. The van der Waals surface area contributed by atoms with Crippen LogP contribution < -0.4 is 4.84 Å². The van der Waals surface area contributed by atoms with Crippen molar-refractivity contribution < 1.29 is 4.84 Å². The summed E-state index contributed by atoms with van der Waals surface area (Å²) in [6, 6.07) is 0. The molecule has 0 saturated heterocycles. The summed E-state index contributed by atoms with van der Waals surface area (Å²) in [5.74, 6) is 0. The smallest absolute Gasteiger partial charge is 0.165 e. The molecule has 10 heavy (non-hydrogen) atoms. The molecule has 0 aliphatic rings. The molecule has 5 heteroatoms. The van der Waals surface area contributed by atoms with Crippen LogP contribution in [0.4, 0.5) is 0 Å². The van der Waals surface area contributed by atoms with Crippen LogP contribution in [0.3, 0.4) is 0 Å². The highest BCUT2D eigenvalue weighted by Gasteiger charge is 1.97. The molecule has 0 saturated carbocycles. The fourth-order valence-corrected chi connectivity index (χ4v) is 0.743. The van der Waals surface area contributed by atoms with E-state index in [1.807, 2.05) is 6.92 Å². The molecular weight excluding hydrogens is 198 g/mol. The summed E-state index contributed by atoms with van der Waals surface area (Å²) in [5.41, 5.74) is 0. The van der Waals surface area contributed by atoms with Crippen molar-refractivity contribution in [2.45, 2.75) is 13.3 Å². The fourth-order valence-electron chi connectivity index (χ4n) is 0.478. The number of aromatic nitrogens is 3. The Morgan fingerprint density at radius 2 is 2.60 bits per heavy atom. The lowest BCUT2D eigenvalue weighted by Gasteiger charge is -2.01. The molecule has 0 amide bonds. The van der Waals surface area contributed by atoms with Crippen LogP contribution in [-0.2, 0) is 0 Å². The summed E-state index contributed by atoms with van der Waals surface area (Å²) in [6.07, 6.45) is 2.54. The Morgan fingerprint density at radius 3 is 3.10 bits per heavy atom. The number of rotatable bonds is 3. The summed E-state index contributed by atoms with van der Waals surface area (Å²) in [4.78, 5) is 6.47. The zero-order valence-electron chi connectivity index (χ0n) is 5.62. The Hall–Kier alpha value is -0.580. The van der Waals surface area contributed by atoms with Crippen molar-refractivity contribution in [1.82, 2.24) is 15.2 Å². The SMILES string of the molecule is CCCOn1nncc1Br. The van der Waals surface area contributed by atoms with Crippen LogP contribution in [0.1, 0.15) is 13.3 Å². The first-order valence-electron chi connectivity index (χ1n) is 3.04. The van der Waals surface area contributed by atoms with Crippen molar-refractivity contribution in [3.8, 4) is 0 Å². The summed E-state index contributed by atoms with van der Waals surface area (Å²) in [7, 11) is 0. The molecule has 1 heterocycles. The molecule has 0 fully saturated rings. The van der Waals surface area contributed by atoms with E-state index in [2.05, 4.69) is 26.2 Å². The molecule has 0 spiro atoms.